The van der Waals surface area contributed by atoms with Gasteiger partial charge >= 0.3 is 0 Å². The van der Waals surface area contributed by atoms with Crippen LogP contribution in [-0.4, -0.2) is 37.1 Å². The highest BCUT2D eigenvalue weighted by Gasteiger charge is 2.21. The number of halogens is 1. The SMILES string of the molecule is CN(C)CCCNc1c2ccccc2[n+](C)c2c1[nH]c1ccccc12.[Cl-]. The lowest BCUT2D eigenvalue weighted by Gasteiger charge is -2.12. The van der Waals surface area contributed by atoms with Crippen molar-refractivity contribution in [3.05, 3.63) is 48.5 Å². The van der Waals surface area contributed by atoms with E-state index in [0.29, 0.717) is 0 Å². The minimum atomic E-state index is 0. The van der Waals surface area contributed by atoms with Crippen molar-refractivity contribution >= 4 is 38.5 Å². The maximum absolute atomic E-state index is 3.70. The van der Waals surface area contributed by atoms with Gasteiger partial charge in [0.25, 0.3) is 0 Å². The number of pyridine rings is 1. The van der Waals surface area contributed by atoms with E-state index in [9.17, 15) is 0 Å². The van der Waals surface area contributed by atoms with Gasteiger partial charge in [-0.05, 0) is 45.3 Å². The van der Waals surface area contributed by atoms with Crippen molar-refractivity contribution in [2.75, 3.05) is 32.5 Å². The third-order valence-corrected chi connectivity index (χ3v) is 4.88. The van der Waals surface area contributed by atoms with Gasteiger partial charge in [-0.15, -0.1) is 0 Å². The summed E-state index contributed by atoms with van der Waals surface area (Å²) in [7, 11) is 6.39. The Bertz CT molecular complexity index is 1050. The molecule has 0 fully saturated rings. The van der Waals surface area contributed by atoms with E-state index in [0.717, 1.165) is 19.5 Å². The minimum absolute atomic E-state index is 0. The van der Waals surface area contributed by atoms with Gasteiger partial charge in [-0.2, -0.15) is 4.57 Å². The first-order chi connectivity index (χ1) is 12.2. The maximum atomic E-state index is 3.70. The first-order valence-electron chi connectivity index (χ1n) is 8.86. The molecule has 2 N–H and O–H groups in total. The Morgan fingerprint density at radius 3 is 2.46 bits per heavy atom. The summed E-state index contributed by atoms with van der Waals surface area (Å²) in [5.74, 6) is 0. The first kappa shape index (κ1) is 18.5. The summed E-state index contributed by atoms with van der Waals surface area (Å²) < 4.78 is 2.30. The molecular weight excluding hydrogens is 344 g/mol. The molecule has 2 aromatic carbocycles. The number of nitrogens with zero attached hydrogens (tertiary/aromatic N) is 2. The molecule has 0 aliphatic heterocycles. The van der Waals surface area contributed by atoms with Crippen molar-refractivity contribution < 1.29 is 17.0 Å². The number of aromatic amines is 1. The lowest BCUT2D eigenvalue weighted by Crippen LogP contribution is -3.00. The molecule has 4 nitrogen and oxygen atoms in total. The van der Waals surface area contributed by atoms with Crippen LogP contribution in [0.4, 0.5) is 5.69 Å². The number of para-hydroxylation sites is 2. The van der Waals surface area contributed by atoms with Crippen molar-refractivity contribution in [1.82, 2.24) is 9.88 Å². The van der Waals surface area contributed by atoms with Crippen molar-refractivity contribution in [2.24, 2.45) is 7.05 Å². The second kappa shape index (κ2) is 7.52. The third-order valence-electron chi connectivity index (χ3n) is 4.88. The van der Waals surface area contributed by atoms with Crippen LogP contribution >= 0.6 is 0 Å². The molecule has 0 bridgehead atoms. The van der Waals surface area contributed by atoms with E-state index in [2.05, 4.69) is 89.4 Å². The van der Waals surface area contributed by atoms with E-state index in [1.807, 2.05) is 0 Å². The van der Waals surface area contributed by atoms with E-state index in [4.69, 9.17) is 0 Å². The molecule has 0 saturated carbocycles. The van der Waals surface area contributed by atoms with Gasteiger partial charge in [0.05, 0.1) is 22.0 Å². The van der Waals surface area contributed by atoms with Crippen LogP contribution in [0.25, 0.3) is 32.8 Å². The Labute approximate surface area is 160 Å². The van der Waals surface area contributed by atoms with Gasteiger partial charge in [-0.3, -0.25) is 0 Å². The number of hydrogen-bond donors (Lipinski definition) is 2. The zero-order valence-electron chi connectivity index (χ0n) is 15.5. The molecular formula is C21H25ClN4. The summed E-state index contributed by atoms with van der Waals surface area (Å²) in [6.07, 6.45) is 1.12. The van der Waals surface area contributed by atoms with Crippen LogP contribution in [0, 0.1) is 0 Å². The van der Waals surface area contributed by atoms with Gasteiger partial charge in [-0.1, -0.05) is 24.3 Å². The van der Waals surface area contributed by atoms with Crippen LogP contribution in [0.5, 0.6) is 0 Å². The second-order valence-corrected chi connectivity index (χ2v) is 6.93. The molecule has 2 aromatic heterocycles. The number of benzene rings is 2. The molecule has 4 rings (SSSR count). The molecule has 0 spiro atoms. The molecule has 2 heterocycles. The molecule has 0 aliphatic rings. The molecule has 26 heavy (non-hydrogen) atoms. The number of aryl methyl sites for hydroxylation is 1. The summed E-state index contributed by atoms with van der Waals surface area (Å²) >= 11 is 0. The van der Waals surface area contributed by atoms with Crippen LogP contribution in [0.3, 0.4) is 0 Å². The first-order valence-corrected chi connectivity index (χ1v) is 8.86. The van der Waals surface area contributed by atoms with Gasteiger partial charge in [0.15, 0.2) is 0 Å². The molecule has 0 saturated heterocycles. The Kier molecular flexibility index (Phi) is 5.35. The van der Waals surface area contributed by atoms with Gasteiger partial charge in [0.1, 0.15) is 12.6 Å². The normalized spacial score (nSPS) is 11.4. The van der Waals surface area contributed by atoms with Gasteiger partial charge in [-0.25, -0.2) is 0 Å². The molecule has 0 unspecified atom stereocenters. The highest BCUT2D eigenvalue weighted by atomic mass is 35.5. The van der Waals surface area contributed by atoms with Crippen LogP contribution in [0.2, 0.25) is 0 Å². The minimum Gasteiger partial charge on any atom is -1.00 e. The summed E-state index contributed by atoms with van der Waals surface area (Å²) in [5.41, 5.74) is 6.07. The maximum Gasteiger partial charge on any atom is 0.240 e. The third kappa shape index (κ3) is 3.11. The zero-order valence-corrected chi connectivity index (χ0v) is 16.3. The average Bonchev–Trinajstić information content (AvgIpc) is 3.00. The van der Waals surface area contributed by atoms with Crippen LogP contribution in [0.1, 0.15) is 6.42 Å². The molecule has 0 atom stereocenters. The fraction of sp³-hybridized carbons (Fsp3) is 0.286. The highest BCUT2D eigenvalue weighted by Crippen LogP contribution is 2.33. The Morgan fingerprint density at radius 2 is 1.69 bits per heavy atom. The smallest absolute Gasteiger partial charge is 0.240 e. The fourth-order valence-electron chi connectivity index (χ4n) is 3.68. The molecule has 0 radical (unpaired) electrons. The largest absolute Gasteiger partial charge is 1.00 e. The van der Waals surface area contributed by atoms with Crippen molar-refractivity contribution in [1.29, 1.82) is 0 Å². The number of nitrogens with one attached hydrogen (secondary N) is 2. The number of fused-ring (bicyclic) bond motifs is 4. The Hall–Kier alpha value is -2.30. The number of H-pyrrole nitrogens is 1. The second-order valence-electron chi connectivity index (χ2n) is 6.93. The molecule has 136 valence electrons. The van der Waals surface area contributed by atoms with Crippen molar-refractivity contribution in [3.8, 4) is 0 Å². The van der Waals surface area contributed by atoms with E-state index in [1.165, 1.54) is 38.5 Å². The Morgan fingerprint density at radius 1 is 1.00 bits per heavy atom. The lowest BCUT2D eigenvalue weighted by molar-refractivity contribution is -0.616. The van der Waals surface area contributed by atoms with Crippen molar-refractivity contribution in [2.45, 2.75) is 6.42 Å². The Balaban J connectivity index is 0.00000196. The molecule has 5 heteroatoms. The van der Waals surface area contributed by atoms with Gasteiger partial charge in [0.2, 0.25) is 11.0 Å². The topological polar surface area (TPSA) is 34.9 Å². The molecule has 4 aromatic rings. The van der Waals surface area contributed by atoms with Crippen LogP contribution < -0.4 is 22.3 Å². The van der Waals surface area contributed by atoms with Gasteiger partial charge in [0, 0.05) is 12.6 Å². The summed E-state index contributed by atoms with van der Waals surface area (Å²) in [4.78, 5) is 5.86. The predicted octanol–water partition coefficient (Wildman–Crippen LogP) is 0.666. The van der Waals surface area contributed by atoms with Crippen LogP contribution in [-0.2, 0) is 7.05 Å². The quantitative estimate of drug-likeness (QED) is 0.401. The lowest BCUT2D eigenvalue weighted by atomic mass is 10.1. The number of rotatable bonds is 5. The molecule has 0 amide bonds. The zero-order chi connectivity index (χ0) is 17.4. The van der Waals surface area contributed by atoms with Crippen LogP contribution in [0.15, 0.2) is 48.5 Å². The standard InChI is InChI=1S/C21H24N4.ClH/c1-24(2)14-8-13-22-19-16-10-5-7-12-18(16)25(3)21-15-9-4-6-11-17(15)23-20(19)21;/h4-7,9-12H,8,13-14H2,1-3H3,(H,22,23);1H. The number of aromatic nitrogens is 2. The van der Waals surface area contributed by atoms with E-state index < -0.39 is 0 Å². The summed E-state index contributed by atoms with van der Waals surface area (Å²) in [6.45, 7) is 2.04. The van der Waals surface area contributed by atoms with Crippen molar-refractivity contribution in [3.63, 3.8) is 0 Å². The summed E-state index contributed by atoms with van der Waals surface area (Å²) in [5, 5.41) is 6.23. The average molecular weight is 369 g/mol. The molecule has 0 aliphatic carbocycles. The van der Waals surface area contributed by atoms with Gasteiger partial charge < -0.3 is 27.6 Å². The van der Waals surface area contributed by atoms with E-state index in [1.54, 1.807) is 0 Å². The highest BCUT2D eigenvalue weighted by molar-refractivity contribution is 6.13. The monoisotopic (exact) mass is 368 g/mol. The van der Waals surface area contributed by atoms with E-state index in [-0.39, 0.29) is 12.4 Å². The predicted molar refractivity (Wildman–Crippen MR) is 106 cm³/mol. The fourth-order valence-corrected chi connectivity index (χ4v) is 3.68. The van der Waals surface area contributed by atoms with E-state index >= 15 is 0 Å². The summed E-state index contributed by atoms with van der Waals surface area (Å²) in [6, 6.07) is 17.2. The number of hydrogen-bond acceptors (Lipinski definition) is 2. The number of anilines is 1.